The minimum absolute atomic E-state index is 0.304. The molecule has 0 rings (SSSR count). The normalized spacial score (nSPS) is 13.3. The molecule has 2 atom stereocenters. The zero-order valence-electron chi connectivity index (χ0n) is 26.0. The van der Waals surface area contributed by atoms with E-state index in [1.807, 2.05) is 0 Å². The molecule has 0 aromatic rings. The zero-order chi connectivity index (χ0) is 27.1. The standard InChI is InChI=1S/C35H72O2/c1-3-5-7-9-10-11-12-13-14-15-16-17-18-19-20-21-22-23-24-25-26-28-30-32-35(37)33-34(36)31-29-27-8-6-4-2/h34-37H,3-33H2,1-2H3/t34-,35+/m1/s1. The van der Waals surface area contributed by atoms with Crippen LogP contribution in [0, 0.1) is 0 Å². The van der Waals surface area contributed by atoms with Crippen molar-refractivity contribution in [3.63, 3.8) is 0 Å². The van der Waals surface area contributed by atoms with Gasteiger partial charge >= 0.3 is 0 Å². The van der Waals surface area contributed by atoms with E-state index in [9.17, 15) is 10.2 Å². The van der Waals surface area contributed by atoms with Crippen molar-refractivity contribution < 1.29 is 10.2 Å². The van der Waals surface area contributed by atoms with Crippen LogP contribution in [0.3, 0.4) is 0 Å². The van der Waals surface area contributed by atoms with Crippen molar-refractivity contribution in [1.29, 1.82) is 0 Å². The minimum Gasteiger partial charge on any atom is -0.393 e. The minimum atomic E-state index is -0.305. The summed E-state index contributed by atoms with van der Waals surface area (Å²) in [7, 11) is 0. The van der Waals surface area contributed by atoms with Crippen molar-refractivity contribution in [2.75, 3.05) is 0 Å². The number of hydrogen-bond donors (Lipinski definition) is 2. The maximum atomic E-state index is 10.2. The van der Waals surface area contributed by atoms with E-state index in [-0.39, 0.29) is 12.2 Å². The topological polar surface area (TPSA) is 40.5 Å². The Bertz CT molecular complexity index is 397. The van der Waals surface area contributed by atoms with E-state index in [4.69, 9.17) is 0 Å². The van der Waals surface area contributed by atoms with E-state index in [0.717, 1.165) is 25.7 Å². The summed E-state index contributed by atoms with van der Waals surface area (Å²) < 4.78 is 0. The highest BCUT2D eigenvalue weighted by atomic mass is 16.3. The van der Waals surface area contributed by atoms with E-state index >= 15 is 0 Å². The Hall–Kier alpha value is -0.0800. The van der Waals surface area contributed by atoms with Crippen LogP contribution in [0.15, 0.2) is 0 Å². The summed E-state index contributed by atoms with van der Waals surface area (Å²) in [6.45, 7) is 4.53. The largest absolute Gasteiger partial charge is 0.393 e. The van der Waals surface area contributed by atoms with Gasteiger partial charge in [0.25, 0.3) is 0 Å². The molecule has 0 saturated carbocycles. The molecule has 0 aromatic heterocycles. The van der Waals surface area contributed by atoms with Crippen molar-refractivity contribution in [2.45, 2.75) is 225 Å². The van der Waals surface area contributed by atoms with Crippen LogP contribution < -0.4 is 0 Å². The summed E-state index contributed by atoms with van der Waals surface area (Å²) >= 11 is 0. The van der Waals surface area contributed by atoms with Gasteiger partial charge in [0.15, 0.2) is 0 Å². The molecule has 0 heterocycles. The third-order valence-electron chi connectivity index (χ3n) is 8.33. The van der Waals surface area contributed by atoms with Gasteiger partial charge in [-0.3, -0.25) is 0 Å². The lowest BCUT2D eigenvalue weighted by Gasteiger charge is -2.15. The Labute approximate surface area is 235 Å². The molecule has 0 aromatic carbocycles. The van der Waals surface area contributed by atoms with Gasteiger partial charge in [0, 0.05) is 0 Å². The van der Waals surface area contributed by atoms with Gasteiger partial charge in [-0.25, -0.2) is 0 Å². The number of hydrogen-bond acceptors (Lipinski definition) is 2. The lowest BCUT2D eigenvalue weighted by Crippen LogP contribution is -2.17. The molecule has 224 valence electrons. The second kappa shape index (κ2) is 32.1. The highest BCUT2D eigenvalue weighted by Crippen LogP contribution is 2.17. The van der Waals surface area contributed by atoms with Crippen molar-refractivity contribution in [3.05, 3.63) is 0 Å². The quantitative estimate of drug-likeness (QED) is 0.0859. The monoisotopic (exact) mass is 525 g/mol. The van der Waals surface area contributed by atoms with Gasteiger partial charge < -0.3 is 10.2 Å². The maximum absolute atomic E-state index is 10.2. The molecule has 0 amide bonds. The van der Waals surface area contributed by atoms with Gasteiger partial charge in [-0.2, -0.15) is 0 Å². The van der Waals surface area contributed by atoms with E-state index < -0.39 is 0 Å². The SMILES string of the molecule is CCCCCCCCCCCCCCCCCCCCCCCCC[C@H](O)C[C@H](O)CCCCCCC. The fourth-order valence-electron chi connectivity index (χ4n) is 5.70. The molecule has 0 fully saturated rings. The number of aliphatic hydroxyl groups is 2. The zero-order valence-corrected chi connectivity index (χ0v) is 26.0. The van der Waals surface area contributed by atoms with E-state index in [1.54, 1.807) is 0 Å². The molecule has 2 N–H and O–H groups in total. The van der Waals surface area contributed by atoms with Crippen LogP contribution in [0.25, 0.3) is 0 Å². The van der Waals surface area contributed by atoms with Gasteiger partial charge in [-0.15, -0.1) is 0 Å². The molecule has 0 saturated heterocycles. The van der Waals surface area contributed by atoms with Gasteiger partial charge in [0.2, 0.25) is 0 Å². The summed E-state index contributed by atoms with van der Waals surface area (Å²) in [5.41, 5.74) is 0. The molecule has 0 bridgehead atoms. The molecule has 0 radical (unpaired) electrons. The molecular weight excluding hydrogens is 452 g/mol. The smallest absolute Gasteiger partial charge is 0.0564 e. The summed E-state index contributed by atoms with van der Waals surface area (Å²) in [5, 5.41) is 20.3. The number of unbranched alkanes of at least 4 members (excludes halogenated alkanes) is 26. The average molecular weight is 525 g/mol. The second-order valence-electron chi connectivity index (χ2n) is 12.3. The van der Waals surface area contributed by atoms with Gasteiger partial charge in [0.1, 0.15) is 0 Å². The molecular formula is C35H72O2. The van der Waals surface area contributed by atoms with Crippen LogP contribution in [0.2, 0.25) is 0 Å². The first kappa shape index (κ1) is 36.9. The van der Waals surface area contributed by atoms with Crippen LogP contribution in [0.1, 0.15) is 213 Å². The Kier molecular flexibility index (Phi) is 32.1. The molecule has 0 aliphatic rings. The lowest BCUT2D eigenvalue weighted by atomic mass is 9.99. The summed E-state index contributed by atoms with van der Waals surface area (Å²) in [4.78, 5) is 0. The number of aliphatic hydroxyl groups excluding tert-OH is 2. The highest BCUT2D eigenvalue weighted by molar-refractivity contribution is 4.64. The third kappa shape index (κ3) is 32.0. The first-order valence-electron chi connectivity index (χ1n) is 17.6. The first-order chi connectivity index (χ1) is 18.2. The maximum Gasteiger partial charge on any atom is 0.0564 e. The molecule has 0 aliphatic heterocycles. The fraction of sp³-hybridized carbons (Fsp3) is 1.00. The molecule has 37 heavy (non-hydrogen) atoms. The third-order valence-corrected chi connectivity index (χ3v) is 8.33. The van der Waals surface area contributed by atoms with Gasteiger partial charge in [0.05, 0.1) is 12.2 Å². The molecule has 0 aliphatic carbocycles. The van der Waals surface area contributed by atoms with Gasteiger partial charge in [-0.05, 0) is 19.3 Å². The first-order valence-corrected chi connectivity index (χ1v) is 17.6. The molecule has 2 heteroatoms. The highest BCUT2D eigenvalue weighted by Gasteiger charge is 2.11. The van der Waals surface area contributed by atoms with Crippen LogP contribution >= 0.6 is 0 Å². The Balaban J connectivity index is 3.17. The lowest BCUT2D eigenvalue weighted by molar-refractivity contribution is 0.0680. The average Bonchev–Trinajstić information content (AvgIpc) is 2.89. The Morgan fingerprint density at radius 2 is 0.486 bits per heavy atom. The van der Waals surface area contributed by atoms with Crippen molar-refractivity contribution in [3.8, 4) is 0 Å². The van der Waals surface area contributed by atoms with Crippen LogP contribution in [0.5, 0.6) is 0 Å². The Morgan fingerprint density at radius 3 is 0.703 bits per heavy atom. The molecule has 2 nitrogen and oxygen atoms in total. The summed E-state index contributed by atoms with van der Waals surface area (Å²) in [6, 6.07) is 0. The van der Waals surface area contributed by atoms with E-state index in [1.165, 1.54) is 167 Å². The van der Waals surface area contributed by atoms with E-state index in [0.29, 0.717) is 6.42 Å². The second-order valence-corrected chi connectivity index (χ2v) is 12.3. The van der Waals surface area contributed by atoms with Crippen molar-refractivity contribution in [2.24, 2.45) is 0 Å². The van der Waals surface area contributed by atoms with Crippen LogP contribution in [-0.2, 0) is 0 Å². The fourth-order valence-corrected chi connectivity index (χ4v) is 5.70. The molecule has 0 spiro atoms. The van der Waals surface area contributed by atoms with Crippen molar-refractivity contribution >= 4 is 0 Å². The van der Waals surface area contributed by atoms with E-state index in [2.05, 4.69) is 13.8 Å². The van der Waals surface area contributed by atoms with Gasteiger partial charge in [-0.1, -0.05) is 194 Å². The Morgan fingerprint density at radius 1 is 0.297 bits per heavy atom. The van der Waals surface area contributed by atoms with Crippen LogP contribution in [-0.4, -0.2) is 22.4 Å². The summed E-state index contributed by atoms with van der Waals surface area (Å²) in [6.07, 6.45) is 40.4. The predicted octanol–water partition coefficient (Wildman–Crippen LogP) is 11.8. The number of rotatable bonds is 32. The van der Waals surface area contributed by atoms with Crippen LogP contribution in [0.4, 0.5) is 0 Å². The molecule has 0 unspecified atom stereocenters. The predicted molar refractivity (Wildman–Crippen MR) is 166 cm³/mol. The summed E-state index contributed by atoms with van der Waals surface area (Å²) in [5.74, 6) is 0. The van der Waals surface area contributed by atoms with Crippen molar-refractivity contribution in [1.82, 2.24) is 0 Å².